The summed E-state index contributed by atoms with van der Waals surface area (Å²) in [5, 5.41) is 4.17. The van der Waals surface area contributed by atoms with E-state index in [1.165, 1.54) is 6.39 Å². The number of hydrazine groups is 1. The van der Waals surface area contributed by atoms with Crippen molar-refractivity contribution in [3.05, 3.63) is 76.3 Å². The molecule has 0 spiro atoms. The number of carbonyl (C=O) groups excluding carboxylic acids is 3. The van der Waals surface area contributed by atoms with Gasteiger partial charge in [0.15, 0.2) is 12.0 Å². The molecular formula is C22H19ClN4O5. The molecular weight excluding hydrogens is 436 g/mol. The maximum Gasteiger partial charge on any atom is 0.341 e. The number of ether oxygens (including phenoxy) is 1. The largest absolute Gasteiger partial charge is 0.463 e. The molecule has 164 valence electrons. The van der Waals surface area contributed by atoms with Gasteiger partial charge >= 0.3 is 12.0 Å². The van der Waals surface area contributed by atoms with E-state index in [-0.39, 0.29) is 17.7 Å². The fourth-order valence-electron chi connectivity index (χ4n) is 3.46. The second-order valence-electron chi connectivity index (χ2n) is 6.99. The molecule has 0 bridgehead atoms. The number of hydrogen-bond acceptors (Lipinski definition) is 6. The average Bonchev–Trinajstić information content (AvgIpc) is 3.24. The number of hydrogen-bond donors (Lipinski definition) is 2. The Bertz CT molecular complexity index is 1230. The van der Waals surface area contributed by atoms with Gasteiger partial charge in [0.25, 0.3) is 5.91 Å². The Morgan fingerprint density at radius 3 is 2.72 bits per heavy atom. The summed E-state index contributed by atoms with van der Waals surface area (Å²) in [5.41, 5.74) is 4.99. The molecule has 0 fully saturated rings. The number of carbonyl (C=O) groups is 3. The predicted octanol–water partition coefficient (Wildman–Crippen LogP) is 3.73. The molecule has 1 aromatic heterocycles. The van der Waals surface area contributed by atoms with Gasteiger partial charge in [-0.3, -0.25) is 10.2 Å². The molecule has 0 saturated heterocycles. The van der Waals surface area contributed by atoms with Crippen molar-refractivity contribution < 1.29 is 23.5 Å². The monoisotopic (exact) mass is 454 g/mol. The first kappa shape index (κ1) is 21.4. The molecule has 10 heteroatoms. The smallest absolute Gasteiger partial charge is 0.341 e. The van der Waals surface area contributed by atoms with Crippen LogP contribution in [0.2, 0.25) is 5.02 Å². The van der Waals surface area contributed by atoms with Crippen molar-refractivity contribution in [3.63, 3.8) is 0 Å². The average molecular weight is 455 g/mol. The van der Waals surface area contributed by atoms with Crippen LogP contribution in [0, 0.1) is 0 Å². The standard InChI is InChI=1S/C22H19ClN4O5/c1-3-31-21(29)18-12(2)25-22(30)27(19(18)13-4-7-15(23)8-5-13)26-20(28)14-6-9-17-16(10-14)24-11-32-17/h4-11,19H,3H2,1-2H3,(H,25,30)(H,26,28). The van der Waals surface area contributed by atoms with Crippen LogP contribution in [-0.4, -0.2) is 34.5 Å². The highest BCUT2D eigenvalue weighted by Gasteiger charge is 2.39. The van der Waals surface area contributed by atoms with Crippen LogP contribution in [0.5, 0.6) is 0 Å². The van der Waals surface area contributed by atoms with Crippen molar-refractivity contribution in [2.45, 2.75) is 19.9 Å². The molecule has 2 heterocycles. The van der Waals surface area contributed by atoms with Gasteiger partial charge in [-0.1, -0.05) is 23.7 Å². The summed E-state index contributed by atoms with van der Waals surface area (Å²) in [7, 11) is 0. The zero-order valence-corrected chi connectivity index (χ0v) is 18.0. The second kappa shape index (κ2) is 8.72. The molecule has 1 unspecified atom stereocenters. The molecule has 1 aliphatic heterocycles. The lowest BCUT2D eigenvalue weighted by Gasteiger charge is -2.37. The number of amides is 3. The van der Waals surface area contributed by atoms with E-state index in [9.17, 15) is 14.4 Å². The highest BCUT2D eigenvalue weighted by Crippen LogP contribution is 2.34. The lowest BCUT2D eigenvalue weighted by atomic mass is 9.95. The minimum absolute atomic E-state index is 0.154. The zero-order valence-electron chi connectivity index (χ0n) is 17.2. The van der Waals surface area contributed by atoms with E-state index in [1.54, 1.807) is 56.3 Å². The molecule has 2 N–H and O–H groups in total. The zero-order chi connectivity index (χ0) is 22.8. The molecule has 1 atom stereocenters. The second-order valence-corrected chi connectivity index (χ2v) is 7.43. The van der Waals surface area contributed by atoms with Crippen LogP contribution in [0.25, 0.3) is 11.1 Å². The van der Waals surface area contributed by atoms with E-state index in [0.29, 0.717) is 27.4 Å². The number of halogens is 1. The third-order valence-electron chi connectivity index (χ3n) is 4.94. The lowest BCUT2D eigenvalue weighted by Crippen LogP contribution is -2.56. The van der Waals surface area contributed by atoms with Crippen LogP contribution in [0.3, 0.4) is 0 Å². The van der Waals surface area contributed by atoms with Gasteiger partial charge in [-0.2, -0.15) is 0 Å². The summed E-state index contributed by atoms with van der Waals surface area (Å²) >= 11 is 6.02. The van der Waals surface area contributed by atoms with Gasteiger partial charge in [-0.15, -0.1) is 0 Å². The minimum atomic E-state index is -0.931. The summed E-state index contributed by atoms with van der Waals surface area (Å²) < 4.78 is 10.4. The van der Waals surface area contributed by atoms with Gasteiger partial charge in [0.05, 0.1) is 12.2 Å². The predicted molar refractivity (Wildman–Crippen MR) is 115 cm³/mol. The van der Waals surface area contributed by atoms with Gasteiger partial charge in [-0.05, 0) is 49.7 Å². The molecule has 0 radical (unpaired) electrons. The Hall–Kier alpha value is -3.85. The number of nitrogens with one attached hydrogen (secondary N) is 2. The van der Waals surface area contributed by atoms with Gasteiger partial charge in [0.1, 0.15) is 11.6 Å². The number of oxazole rings is 1. The van der Waals surface area contributed by atoms with Crippen molar-refractivity contribution in [2.75, 3.05) is 6.61 Å². The fourth-order valence-corrected chi connectivity index (χ4v) is 3.59. The summed E-state index contributed by atoms with van der Waals surface area (Å²) in [5.74, 6) is -1.17. The molecule has 4 rings (SSSR count). The molecule has 3 aromatic rings. The summed E-state index contributed by atoms with van der Waals surface area (Å²) in [6.45, 7) is 3.44. The number of fused-ring (bicyclic) bond motifs is 1. The van der Waals surface area contributed by atoms with Gasteiger partial charge in [-0.25, -0.2) is 19.6 Å². The van der Waals surface area contributed by atoms with E-state index in [2.05, 4.69) is 15.7 Å². The van der Waals surface area contributed by atoms with E-state index in [0.717, 1.165) is 5.01 Å². The van der Waals surface area contributed by atoms with Gasteiger partial charge < -0.3 is 14.5 Å². The van der Waals surface area contributed by atoms with E-state index >= 15 is 0 Å². The maximum atomic E-state index is 13.0. The lowest BCUT2D eigenvalue weighted by molar-refractivity contribution is -0.139. The molecule has 0 aliphatic carbocycles. The number of benzene rings is 2. The summed E-state index contributed by atoms with van der Waals surface area (Å²) in [6.07, 6.45) is 1.28. The first-order valence-corrected chi connectivity index (χ1v) is 10.1. The maximum absolute atomic E-state index is 13.0. The Balaban J connectivity index is 1.73. The molecule has 2 aromatic carbocycles. The molecule has 9 nitrogen and oxygen atoms in total. The number of nitrogens with zero attached hydrogens (tertiary/aromatic N) is 2. The third kappa shape index (κ3) is 4.02. The normalized spacial score (nSPS) is 16.2. The number of allylic oxidation sites excluding steroid dienone is 1. The van der Waals surface area contributed by atoms with Crippen molar-refractivity contribution in [3.8, 4) is 0 Å². The van der Waals surface area contributed by atoms with Crippen molar-refractivity contribution in [1.82, 2.24) is 20.7 Å². The van der Waals surface area contributed by atoms with Gasteiger partial charge in [0, 0.05) is 16.3 Å². The van der Waals surface area contributed by atoms with Crippen molar-refractivity contribution in [1.29, 1.82) is 0 Å². The highest BCUT2D eigenvalue weighted by atomic mass is 35.5. The summed E-state index contributed by atoms with van der Waals surface area (Å²) in [6, 6.07) is 9.80. The van der Waals surface area contributed by atoms with Crippen LogP contribution in [0.4, 0.5) is 4.79 Å². The Morgan fingerprint density at radius 1 is 1.25 bits per heavy atom. The number of rotatable bonds is 5. The molecule has 0 saturated carbocycles. The van der Waals surface area contributed by atoms with Crippen LogP contribution < -0.4 is 10.7 Å². The Labute approximate surface area is 188 Å². The topological polar surface area (TPSA) is 114 Å². The first-order chi connectivity index (χ1) is 15.4. The Morgan fingerprint density at radius 2 is 2.00 bits per heavy atom. The van der Waals surface area contributed by atoms with Crippen molar-refractivity contribution in [2.24, 2.45) is 0 Å². The quantitative estimate of drug-likeness (QED) is 0.568. The van der Waals surface area contributed by atoms with Crippen LogP contribution in [0.1, 0.15) is 35.8 Å². The number of aromatic nitrogens is 1. The minimum Gasteiger partial charge on any atom is -0.463 e. The number of esters is 1. The first-order valence-electron chi connectivity index (χ1n) is 9.77. The highest BCUT2D eigenvalue weighted by molar-refractivity contribution is 6.30. The van der Waals surface area contributed by atoms with Crippen LogP contribution in [0.15, 0.2) is 64.5 Å². The van der Waals surface area contributed by atoms with E-state index in [1.807, 2.05) is 0 Å². The molecule has 3 amide bonds. The fraction of sp³-hybridized carbons (Fsp3) is 0.182. The van der Waals surface area contributed by atoms with E-state index in [4.69, 9.17) is 20.8 Å². The van der Waals surface area contributed by atoms with Gasteiger partial charge in [0.2, 0.25) is 0 Å². The Kier molecular flexibility index (Phi) is 5.83. The van der Waals surface area contributed by atoms with E-state index < -0.39 is 23.9 Å². The van der Waals surface area contributed by atoms with Crippen molar-refractivity contribution >= 4 is 40.6 Å². The SMILES string of the molecule is CCOC(=O)C1=C(C)NC(=O)N(NC(=O)c2ccc3ocnc3c2)C1c1ccc(Cl)cc1. The molecule has 32 heavy (non-hydrogen) atoms. The number of urea groups is 1. The van der Waals surface area contributed by atoms with Crippen LogP contribution in [-0.2, 0) is 9.53 Å². The molecule has 1 aliphatic rings. The summed E-state index contributed by atoms with van der Waals surface area (Å²) in [4.78, 5) is 42.7. The van der Waals surface area contributed by atoms with Crippen LogP contribution >= 0.6 is 11.6 Å². The third-order valence-corrected chi connectivity index (χ3v) is 5.20.